The van der Waals surface area contributed by atoms with Crippen LogP contribution in [0.3, 0.4) is 0 Å². The zero-order valence-electron chi connectivity index (χ0n) is 12.1. The van der Waals surface area contributed by atoms with Crippen molar-refractivity contribution in [1.82, 2.24) is 10.2 Å². The van der Waals surface area contributed by atoms with Crippen LogP contribution < -0.4 is 10.1 Å². The fourth-order valence-corrected chi connectivity index (χ4v) is 2.71. The highest BCUT2D eigenvalue weighted by atomic mass is 35.5. The molecule has 0 spiro atoms. The van der Waals surface area contributed by atoms with Gasteiger partial charge in [-0.2, -0.15) is 0 Å². The first-order valence-corrected chi connectivity index (χ1v) is 8.04. The minimum absolute atomic E-state index is 0.685. The van der Waals surface area contributed by atoms with E-state index in [1.807, 2.05) is 24.3 Å². The summed E-state index contributed by atoms with van der Waals surface area (Å²) in [7, 11) is 0. The van der Waals surface area contributed by atoms with Gasteiger partial charge in [-0.15, -0.1) is 0 Å². The van der Waals surface area contributed by atoms with Crippen LogP contribution in [0, 0.1) is 0 Å². The van der Waals surface area contributed by atoms with Crippen molar-refractivity contribution in [3.63, 3.8) is 0 Å². The van der Waals surface area contributed by atoms with E-state index in [4.69, 9.17) is 16.3 Å². The van der Waals surface area contributed by atoms with Crippen molar-refractivity contribution in [2.24, 2.45) is 0 Å². The molecule has 1 aromatic rings. The van der Waals surface area contributed by atoms with Gasteiger partial charge in [-0.25, -0.2) is 0 Å². The number of benzene rings is 1. The molecular formula is C16H25ClN2O. The van der Waals surface area contributed by atoms with E-state index < -0.39 is 0 Å². The quantitative estimate of drug-likeness (QED) is 0.746. The fraction of sp³-hybridized carbons (Fsp3) is 0.625. The Bertz CT molecular complexity index is 380. The molecule has 0 unspecified atom stereocenters. The molecular weight excluding hydrogens is 272 g/mol. The van der Waals surface area contributed by atoms with E-state index in [2.05, 4.69) is 10.2 Å². The van der Waals surface area contributed by atoms with Crippen LogP contribution in [0.2, 0.25) is 5.02 Å². The van der Waals surface area contributed by atoms with Crippen LogP contribution in [-0.4, -0.2) is 44.2 Å². The van der Waals surface area contributed by atoms with Crippen molar-refractivity contribution in [1.29, 1.82) is 0 Å². The maximum absolute atomic E-state index is 5.90. The van der Waals surface area contributed by atoms with Crippen molar-refractivity contribution >= 4 is 11.6 Å². The second-order valence-electron chi connectivity index (χ2n) is 5.31. The zero-order chi connectivity index (χ0) is 14.0. The largest absolute Gasteiger partial charge is 0.492 e. The first-order chi connectivity index (χ1) is 9.84. The Morgan fingerprint density at radius 2 is 2.00 bits per heavy atom. The van der Waals surface area contributed by atoms with Crippen LogP contribution >= 0.6 is 11.6 Å². The van der Waals surface area contributed by atoms with Crippen molar-refractivity contribution in [3.05, 3.63) is 29.3 Å². The zero-order valence-corrected chi connectivity index (χ0v) is 12.9. The summed E-state index contributed by atoms with van der Waals surface area (Å²) in [4.78, 5) is 2.58. The average molecular weight is 297 g/mol. The molecule has 0 atom stereocenters. The third-order valence-corrected chi connectivity index (χ3v) is 3.86. The molecule has 2 rings (SSSR count). The Hall–Kier alpha value is -0.770. The normalized spacial score (nSPS) is 16.2. The number of hydrogen-bond donors (Lipinski definition) is 1. The number of rotatable bonds is 8. The second-order valence-corrected chi connectivity index (χ2v) is 5.75. The van der Waals surface area contributed by atoms with Crippen molar-refractivity contribution in [2.45, 2.75) is 25.7 Å². The molecule has 1 aliphatic rings. The van der Waals surface area contributed by atoms with Gasteiger partial charge in [-0.1, -0.05) is 24.1 Å². The fourth-order valence-electron chi connectivity index (χ4n) is 2.53. The lowest BCUT2D eigenvalue weighted by molar-refractivity contribution is 0.225. The molecule has 0 radical (unpaired) electrons. The Morgan fingerprint density at radius 3 is 2.80 bits per heavy atom. The molecule has 0 amide bonds. The molecule has 3 nitrogen and oxygen atoms in total. The van der Waals surface area contributed by atoms with E-state index in [1.54, 1.807) is 0 Å². The molecule has 0 bridgehead atoms. The first-order valence-electron chi connectivity index (χ1n) is 7.66. The second kappa shape index (κ2) is 9.22. The molecule has 4 heteroatoms. The Balaban J connectivity index is 1.45. The molecule has 20 heavy (non-hydrogen) atoms. The highest BCUT2D eigenvalue weighted by Gasteiger charge is 2.08. The van der Waals surface area contributed by atoms with Gasteiger partial charge in [0.05, 0.1) is 0 Å². The van der Waals surface area contributed by atoms with Crippen LogP contribution in [0.5, 0.6) is 5.75 Å². The number of ether oxygens (including phenoxy) is 1. The first kappa shape index (κ1) is 15.6. The summed E-state index contributed by atoms with van der Waals surface area (Å²) >= 11 is 5.90. The summed E-state index contributed by atoms with van der Waals surface area (Å²) in [6.45, 7) is 6.43. The molecule has 1 N–H and O–H groups in total. The van der Waals surface area contributed by atoms with Gasteiger partial charge < -0.3 is 15.0 Å². The van der Waals surface area contributed by atoms with Gasteiger partial charge in [0.1, 0.15) is 12.4 Å². The lowest BCUT2D eigenvalue weighted by Gasteiger charge is -2.26. The third-order valence-electron chi connectivity index (χ3n) is 3.62. The van der Waals surface area contributed by atoms with Crippen LogP contribution in [0.4, 0.5) is 0 Å². The highest BCUT2D eigenvalue weighted by molar-refractivity contribution is 6.30. The molecule has 1 aromatic carbocycles. The highest BCUT2D eigenvalue weighted by Crippen LogP contribution is 2.16. The maximum atomic E-state index is 5.90. The third kappa shape index (κ3) is 6.12. The van der Waals surface area contributed by atoms with Gasteiger partial charge in [0.15, 0.2) is 0 Å². The van der Waals surface area contributed by atoms with Gasteiger partial charge in [-0.3, -0.25) is 0 Å². The number of piperidine rings is 1. The Kier molecular flexibility index (Phi) is 7.20. The lowest BCUT2D eigenvalue weighted by atomic mass is 10.1. The van der Waals surface area contributed by atoms with E-state index >= 15 is 0 Å². The van der Waals surface area contributed by atoms with E-state index in [0.717, 1.165) is 23.9 Å². The van der Waals surface area contributed by atoms with E-state index in [9.17, 15) is 0 Å². The standard InChI is InChI=1S/C16H25ClN2O/c17-15-6-4-7-16(14-15)20-13-9-18-8-5-12-19-10-2-1-3-11-19/h4,6-7,14,18H,1-3,5,8-13H2. The molecule has 1 heterocycles. The molecule has 1 aliphatic heterocycles. The predicted octanol–water partition coefficient (Wildman–Crippen LogP) is 3.18. The average Bonchev–Trinajstić information content (AvgIpc) is 2.47. The maximum Gasteiger partial charge on any atom is 0.120 e. The van der Waals surface area contributed by atoms with Crippen LogP contribution in [-0.2, 0) is 0 Å². The number of likely N-dealkylation sites (tertiary alicyclic amines) is 1. The number of halogens is 1. The van der Waals surface area contributed by atoms with E-state index in [0.29, 0.717) is 6.61 Å². The molecule has 0 aromatic heterocycles. The number of nitrogens with one attached hydrogen (secondary N) is 1. The monoisotopic (exact) mass is 296 g/mol. The van der Waals surface area contributed by atoms with Gasteiger partial charge in [0.2, 0.25) is 0 Å². The summed E-state index contributed by atoms with van der Waals surface area (Å²) < 4.78 is 5.63. The van der Waals surface area contributed by atoms with Crippen molar-refractivity contribution in [2.75, 3.05) is 39.3 Å². The Labute approximate surface area is 127 Å². The summed E-state index contributed by atoms with van der Waals surface area (Å²) in [5, 5.41) is 4.14. The van der Waals surface area contributed by atoms with E-state index in [1.165, 1.54) is 45.3 Å². The molecule has 112 valence electrons. The molecule has 1 saturated heterocycles. The number of hydrogen-bond acceptors (Lipinski definition) is 3. The van der Waals surface area contributed by atoms with Crippen molar-refractivity contribution in [3.8, 4) is 5.75 Å². The summed E-state index contributed by atoms with van der Waals surface area (Å²) in [5.74, 6) is 0.840. The van der Waals surface area contributed by atoms with Gasteiger partial charge in [0.25, 0.3) is 0 Å². The van der Waals surface area contributed by atoms with Gasteiger partial charge in [0, 0.05) is 11.6 Å². The van der Waals surface area contributed by atoms with Crippen molar-refractivity contribution < 1.29 is 4.74 Å². The summed E-state index contributed by atoms with van der Waals surface area (Å²) in [6.07, 6.45) is 5.38. The van der Waals surface area contributed by atoms with Crippen LogP contribution in [0.15, 0.2) is 24.3 Å². The molecule has 0 aliphatic carbocycles. The summed E-state index contributed by atoms with van der Waals surface area (Å²) in [5.41, 5.74) is 0. The minimum atomic E-state index is 0.685. The van der Waals surface area contributed by atoms with Crippen LogP contribution in [0.25, 0.3) is 0 Å². The topological polar surface area (TPSA) is 24.5 Å². The predicted molar refractivity (Wildman–Crippen MR) is 84.7 cm³/mol. The van der Waals surface area contributed by atoms with E-state index in [-0.39, 0.29) is 0 Å². The van der Waals surface area contributed by atoms with Crippen LogP contribution in [0.1, 0.15) is 25.7 Å². The lowest BCUT2D eigenvalue weighted by Crippen LogP contribution is -2.32. The number of nitrogens with zero attached hydrogens (tertiary/aromatic N) is 1. The van der Waals surface area contributed by atoms with Gasteiger partial charge >= 0.3 is 0 Å². The smallest absolute Gasteiger partial charge is 0.120 e. The molecule has 1 fully saturated rings. The summed E-state index contributed by atoms with van der Waals surface area (Å²) in [6, 6.07) is 7.54. The molecule has 0 saturated carbocycles. The SMILES string of the molecule is Clc1cccc(OCCNCCCN2CCCCC2)c1. The minimum Gasteiger partial charge on any atom is -0.492 e. The van der Waals surface area contributed by atoms with Gasteiger partial charge in [-0.05, 0) is 63.6 Å². The Morgan fingerprint density at radius 1 is 1.15 bits per heavy atom.